The standard InChI is InChI=1S/C38H29N3/c1-2-39-23-9-8-12-28-13-10-19-34(24-28)36-27-37(41-38(40-36)30-15-4-3-5-16-30)35-20-11-18-32(26-35)33-22-21-29-14-6-7-17-31(29)25-33/h1,3-10,13-17,19-27H,11-12,18H2/b9-8-,39-23-. The first-order valence-electron chi connectivity index (χ1n) is 13.8. The van der Waals surface area contributed by atoms with E-state index in [0.717, 1.165) is 53.2 Å². The Morgan fingerprint density at radius 2 is 1.56 bits per heavy atom. The first kappa shape index (κ1) is 25.9. The van der Waals surface area contributed by atoms with E-state index in [1.165, 1.54) is 27.5 Å². The average molecular weight is 528 g/mol. The van der Waals surface area contributed by atoms with Crippen molar-refractivity contribution in [3.63, 3.8) is 0 Å². The summed E-state index contributed by atoms with van der Waals surface area (Å²) in [5, 5.41) is 2.52. The molecule has 196 valence electrons. The maximum atomic E-state index is 5.18. The molecule has 0 N–H and O–H groups in total. The van der Waals surface area contributed by atoms with Crippen LogP contribution in [0, 0.1) is 12.5 Å². The van der Waals surface area contributed by atoms with Gasteiger partial charge in [0.1, 0.15) is 0 Å². The SMILES string of the molecule is C#C/N=C\C=C/Cc1cccc(-c2cc(C3=CCCC(c4ccc5ccccc5c4)=C3)nc(-c3ccccc3)n2)c1. The highest BCUT2D eigenvalue weighted by molar-refractivity contribution is 5.90. The van der Waals surface area contributed by atoms with Crippen LogP contribution in [0.1, 0.15) is 29.7 Å². The highest BCUT2D eigenvalue weighted by Crippen LogP contribution is 2.34. The van der Waals surface area contributed by atoms with Crippen molar-refractivity contribution < 1.29 is 0 Å². The number of fused-ring (bicyclic) bond motifs is 1. The van der Waals surface area contributed by atoms with Gasteiger partial charge in [0, 0.05) is 23.4 Å². The molecule has 0 aliphatic heterocycles. The minimum absolute atomic E-state index is 0.723. The summed E-state index contributed by atoms with van der Waals surface area (Å²) in [7, 11) is 0. The fourth-order valence-electron chi connectivity index (χ4n) is 5.17. The van der Waals surface area contributed by atoms with Crippen LogP contribution in [0.2, 0.25) is 0 Å². The van der Waals surface area contributed by atoms with E-state index in [-0.39, 0.29) is 0 Å². The lowest BCUT2D eigenvalue weighted by molar-refractivity contribution is 1.05. The molecule has 3 heteroatoms. The molecule has 0 atom stereocenters. The Bertz CT molecular complexity index is 1870. The van der Waals surface area contributed by atoms with Gasteiger partial charge >= 0.3 is 0 Å². The molecule has 5 aromatic rings. The van der Waals surface area contributed by atoms with Crippen molar-refractivity contribution in [1.29, 1.82) is 0 Å². The predicted octanol–water partition coefficient (Wildman–Crippen LogP) is 8.98. The number of rotatable bonds is 7. The van der Waals surface area contributed by atoms with E-state index in [9.17, 15) is 0 Å². The third kappa shape index (κ3) is 6.13. The zero-order chi connectivity index (χ0) is 27.9. The Kier molecular flexibility index (Phi) is 7.74. The summed E-state index contributed by atoms with van der Waals surface area (Å²) < 4.78 is 0. The quantitative estimate of drug-likeness (QED) is 0.156. The highest BCUT2D eigenvalue weighted by Gasteiger charge is 2.15. The highest BCUT2D eigenvalue weighted by atomic mass is 14.9. The molecule has 0 bridgehead atoms. The molecule has 0 unspecified atom stereocenters. The van der Waals surface area contributed by atoms with Crippen LogP contribution in [0.5, 0.6) is 0 Å². The number of hydrogen-bond donors (Lipinski definition) is 0. The largest absolute Gasteiger partial charge is 0.228 e. The zero-order valence-corrected chi connectivity index (χ0v) is 22.7. The average Bonchev–Trinajstić information content (AvgIpc) is 3.05. The molecule has 41 heavy (non-hydrogen) atoms. The van der Waals surface area contributed by atoms with Crippen LogP contribution < -0.4 is 0 Å². The van der Waals surface area contributed by atoms with Crippen molar-refractivity contribution in [2.24, 2.45) is 4.99 Å². The molecule has 1 aromatic heterocycles. The van der Waals surface area contributed by atoms with Gasteiger partial charge in [-0.25, -0.2) is 15.0 Å². The maximum Gasteiger partial charge on any atom is 0.160 e. The fourth-order valence-corrected chi connectivity index (χ4v) is 5.17. The van der Waals surface area contributed by atoms with Gasteiger partial charge in [-0.05, 0) is 82.7 Å². The zero-order valence-electron chi connectivity index (χ0n) is 22.7. The second kappa shape index (κ2) is 12.2. The van der Waals surface area contributed by atoms with E-state index in [1.54, 1.807) is 6.21 Å². The molecule has 0 amide bonds. The summed E-state index contributed by atoms with van der Waals surface area (Å²) in [5.74, 6) is 0.723. The number of allylic oxidation sites excluding steroid dienone is 6. The molecule has 1 aliphatic carbocycles. The molecule has 6 rings (SSSR count). The van der Waals surface area contributed by atoms with Crippen molar-refractivity contribution in [2.45, 2.75) is 19.3 Å². The Morgan fingerprint density at radius 3 is 2.44 bits per heavy atom. The van der Waals surface area contributed by atoms with E-state index >= 15 is 0 Å². The minimum Gasteiger partial charge on any atom is -0.228 e. The van der Waals surface area contributed by atoms with Crippen molar-refractivity contribution in [1.82, 2.24) is 9.97 Å². The Labute approximate surface area is 241 Å². The molecular weight excluding hydrogens is 498 g/mol. The number of benzene rings is 4. The van der Waals surface area contributed by atoms with Gasteiger partial charge in [-0.2, -0.15) is 0 Å². The van der Waals surface area contributed by atoms with Gasteiger partial charge in [0.05, 0.1) is 11.4 Å². The monoisotopic (exact) mass is 527 g/mol. The van der Waals surface area contributed by atoms with Gasteiger partial charge < -0.3 is 0 Å². The van der Waals surface area contributed by atoms with E-state index < -0.39 is 0 Å². The van der Waals surface area contributed by atoms with Gasteiger partial charge in [0.25, 0.3) is 0 Å². The van der Waals surface area contributed by atoms with Crippen LogP contribution in [0.4, 0.5) is 0 Å². The fraction of sp³-hybridized carbons (Fsp3) is 0.0789. The Hall–Kier alpha value is -5.33. The lowest BCUT2D eigenvalue weighted by Gasteiger charge is -2.16. The van der Waals surface area contributed by atoms with Crippen LogP contribution >= 0.6 is 0 Å². The van der Waals surface area contributed by atoms with Gasteiger partial charge in [0.15, 0.2) is 5.82 Å². The lowest BCUT2D eigenvalue weighted by Crippen LogP contribution is -2.00. The van der Waals surface area contributed by atoms with Crippen LogP contribution in [0.3, 0.4) is 0 Å². The molecule has 0 saturated heterocycles. The van der Waals surface area contributed by atoms with Crippen molar-refractivity contribution in [3.05, 3.63) is 144 Å². The number of nitrogens with zero attached hydrogens (tertiary/aromatic N) is 3. The Balaban J connectivity index is 1.39. The normalized spacial score (nSPS) is 13.3. The maximum absolute atomic E-state index is 5.18. The lowest BCUT2D eigenvalue weighted by atomic mass is 9.91. The van der Waals surface area contributed by atoms with Gasteiger partial charge in [0.2, 0.25) is 0 Å². The van der Waals surface area contributed by atoms with Crippen molar-refractivity contribution >= 4 is 28.1 Å². The van der Waals surface area contributed by atoms with E-state index in [2.05, 4.69) is 108 Å². The van der Waals surface area contributed by atoms with Crippen LogP contribution in [0.15, 0.2) is 132 Å². The van der Waals surface area contributed by atoms with Crippen molar-refractivity contribution in [3.8, 4) is 35.1 Å². The van der Waals surface area contributed by atoms with Gasteiger partial charge in [-0.15, -0.1) is 0 Å². The summed E-state index contributed by atoms with van der Waals surface area (Å²) in [6.07, 6.45) is 18.1. The number of aliphatic imine (C=N–C) groups is 1. The number of aromatic nitrogens is 2. The molecule has 4 aromatic carbocycles. The van der Waals surface area contributed by atoms with E-state index in [0.29, 0.717) is 0 Å². The summed E-state index contributed by atoms with van der Waals surface area (Å²) >= 11 is 0. The third-order valence-electron chi connectivity index (χ3n) is 7.23. The number of terminal acetylenes is 1. The molecule has 1 heterocycles. The smallest absolute Gasteiger partial charge is 0.160 e. The van der Waals surface area contributed by atoms with Crippen molar-refractivity contribution in [2.75, 3.05) is 0 Å². The summed E-state index contributed by atoms with van der Waals surface area (Å²) in [6, 6.07) is 38.3. The second-order valence-corrected chi connectivity index (χ2v) is 10.00. The molecule has 0 radical (unpaired) electrons. The van der Waals surface area contributed by atoms with Crippen LogP contribution in [-0.4, -0.2) is 16.2 Å². The molecular formula is C38H29N3. The second-order valence-electron chi connectivity index (χ2n) is 10.00. The first-order chi connectivity index (χ1) is 20.3. The predicted molar refractivity (Wildman–Crippen MR) is 172 cm³/mol. The minimum atomic E-state index is 0.723. The number of hydrogen-bond acceptors (Lipinski definition) is 3. The molecule has 0 fully saturated rings. The molecule has 3 nitrogen and oxygen atoms in total. The third-order valence-corrected chi connectivity index (χ3v) is 7.23. The summed E-state index contributed by atoms with van der Waals surface area (Å²) in [6.45, 7) is 0. The van der Waals surface area contributed by atoms with Gasteiger partial charge in [-0.3, -0.25) is 0 Å². The summed E-state index contributed by atoms with van der Waals surface area (Å²) in [5.41, 5.74) is 8.80. The topological polar surface area (TPSA) is 38.1 Å². The van der Waals surface area contributed by atoms with Crippen LogP contribution in [0.25, 0.3) is 44.6 Å². The van der Waals surface area contributed by atoms with Gasteiger partial charge in [-0.1, -0.05) is 104 Å². The van der Waals surface area contributed by atoms with Crippen LogP contribution in [-0.2, 0) is 6.42 Å². The Morgan fingerprint density at radius 1 is 0.756 bits per heavy atom. The van der Waals surface area contributed by atoms with E-state index in [1.807, 2.05) is 30.4 Å². The first-order valence-corrected chi connectivity index (χ1v) is 13.8. The molecule has 0 spiro atoms. The molecule has 0 saturated carbocycles. The molecule has 1 aliphatic rings. The van der Waals surface area contributed by atoms with E-state index in [4.69, 9.17) is 16.4 Å². The summed E-state index contributed by atoms with van der Waals surface area (Å²) in [4.78, 5) is 13.9.